The monoisotopic (exact) mass is 339 g/mol. The fourth-order valence-electron chi connectivity index (χ4n) is 2.19. The molecule has 0 fully saturated rings. The summed E-state index contributed by atoms with van der Waals surface area (Å²) in [5, 5.41) is 8.90. The van der Waals surface area contributed by atoms with Crippen molar-refractivity contribution in [2.75, 3.05) is 0 Å². The molecule has 1 heterocycles. The zero-order valence-electron chi connectivity index (χ0n) is 12.3. The normalized spacial score (nSPS) is 11.5. The summed E-state index contributed by atoms with van der Waals surface area (Å²) >= 11 is 1.23. The molecule has 118 valence electrons. The van der Waals surface area contributed by atoms with E-state index >= 15 is 0 Å². The maximum absolute atomic E-state index is 12.4. The van der Waals surface area contributed by atoms with Crippen LogP contribution in [0.25, 0.3) is 0 Å². The van der Waals surface area contributed by atoms with Gasteiger partial charge in [-0.3, -0.25) is 4.79 Å². The average Bonchev–Trinajstić information content (AvgIpc) is 2.77. The van der Waals surface area contributed by atoms with Gasteiger partial charge in [-0.15, -0.1) is 11.3 Å². The van der Waals surface area contributed by atoms with Gasteiger partial charge in [0, 0.05) is 11.4 Å². The van der Waals surface area contributed by atoms with Gasteiger partial charge in [-0.1, -0.05) is 24.3 Å². The minimum absolute atomic E-state index is 0.0716. The summed E-state index contributed by atoms with van der Waals surface area (Å²) in [6, 6.07) is 8.75. The van der Waals surface area contributed by atoms with E-state index < -0.39 is 16.0 Å². The quantitative estimate of drug-likeness (QED) is 0.847. The van der Waals surface area contributed by atoms with E-state index in [9.17, 15) is 13.2 Å². The van der Waals surface area contributed by atoms with Gasteiger partial charge in [0.1, 0.15) is 4.21 Å². The molecule has 5 nitrogen and oxygen atoms in total. The van der Waals surface area contributed by atoms with Gasteiger partial charge in [-0.2, -0.15) is 0 Å². The van der Waals surface area contributed by atoms with Gasteiger partial charge in [0.25, 0.3) is 10.0 Å². The molecular weight excluding hydrogens is 322 g/mol. The van der Waals surface area contributed by atoms with Gasteiger partial charge in [0.15, 0.2) is 0 Å². The second kappa shape index (κ2) is 6.60. The van der Waals surface area contributed by atoms with Crippen LogP contribution in [0.4, 0.5) is 0 Å². The molecule has 1 aromatic carbocycles. The highest BCUT2D eigenvalue weighted by Gasteiger charge is 2.19. The molecule has 7 heteroatoms. The fourth-order valence-corrected chi connectivity index (χ4v) is 4.91. The molecule has 0 spiro atoms. The van der Waals surface area contributed by atoms with E-state index in [-0.39, 0.29) is 13.0 Å². The fraction of sp³-hybridized carbons (Fsp3) is 0.267. The number of rotatable bonds is 6. The largest absolute Gasteiger partial charge is 0.481 e. The van der Waals surface area contributed by atoms with E-state index in [4.69, 9.17) is 5.11 Å². The lowest BCUT2D eigenvalue weighted by Gasteiger charge is -2.09. The average molecular weight is 339 g/mol. The van der Waals surface area contributed by atoms with E-state index in [2.05, 4.69) is 4.72 Å². The van der Waals surface area contributed by atoms with E-state index in [0.717, 1.165) is 4.88 Å². The summed E-state index contributed by atoms with van der Waals surface area (Å²) in [6.07, 6.45) is -0.130. The zero-order chi connectivity index (χ0) is 16.3. The van der Waals surface area contributed by atoms with Crippen molar-refractivity contribution in [3.63, 3.8) is 0 Å². The minimum atomic E-state index is -3.59. The van der Waals surface area contributed by atoms with Crippen molar-refractivity contribution in [3.8, 4) is 0 Å². The molecule has 0 amide bonds. The summed E-state index contributed by atoms with van der Waals surface area (Å²) in [5.74, 6) is -0.944. The molecule has 0 atom stereocenters. The molecule has 0 saturated carbocycles. The number of thiophene rings is 1. The molecule has 0 bridgehead atoms. The Morgan fingerprint density at radius 1 is 1.23 bits per heavy atom. The standard InChI is InChI=1S/C15H17NO4S2/c1-10-7-11(2)21-15(10)22(19,20)16-9-13-6-4-3-5-12(13)8-14(17)18/h3-7,16H,8-9H2,1-2H3,(H,17,18). The summed E-state index contributed by atoms with van der Waals surface area (Å²) in [5.41, 5.74) is 1.99. The number of carboxylic acid groups (broad SMARTS) is 1. The van der Waals surface area contributed by atoms with Crippen molar-refractivity contribution in [3.05, 3.63) is 51.9 Å². The Balaban J connectivity index is 2.19. The first kappa shape index (κ1) is 16.7. The third kappa shape index (κ3) is 3.94. The molecule has 22 heavy (non-hydrogen) atoms. The third-order valence-electron chi connectivity index (χ3n) is 3.15. The van der Waals surface area contributed by atoms with Crippen molar-refractivity contribution >= 4 is 27.3 Å². The van der Waals surface area contributed by atoms with Gasteiger partial charge in [-0.25, -0.2) is 13.1 Å². The molecule has 2 N–H and O–H groups in total. The number of aliphatic carboxylic acids is 1. The van der Waals surface area contributed by atoms with Crippen LogP contribution in [0.15, 0.2) is 34.5 Å². The number of hydrogen-bond acceptors (Lipinski definition) is 4. The predicted molar refractivity (Wildman–Crippen MR) is 85.6 cm³/mol. The van der Waals surface area contributed by atoms with Crippen molar-refractivity contribution < 1.29 is 18.3 Å². The van der Waals surface area contributed by atoms with Crippen LogP contribution in [-0.4, -0.2) is 19.5 Å². The maximum Gasteiger partial charge on any atom is 0.307 e. The lowest BCUT2D eigenvalue weighted by Crippen LogP contribution is -2.23. The Bertz CT molecular complexity index is 794. The minimum Gasteiger partial charge on any atom is -0.481 e. The molecule has 0 aliphatic heterocycles. The number of nitrogens with one attached hydrogen (secondary N) is 1. The van der Waals surface area contributed by atoms with Crippen molar-refractivity contribution in [1.29, 1.82) is 0 Å². The SMILES string of the molecule is Cc1cc(C)c(S(=O)(=O)NCc2ccccc2CC(=O)O)s1. The smallest absolute Gasteiger partial charge is 0.307 e. The maximum atomic E-state index is 12.4. The summed E-state index contributed by atoms with van der Waals surface area (Å²) < 4.78 is 27.6. The number of aryl methyl sites for hydroxylation is 2. The highest BCUT2D eigenvalue weighted by molar-refractivity contribution is 7.91. The Morgan fingerprint density at radius 3 is 2.41 bits per heavy atom. The molecule has 0 aliphatic rings. The van der Waals surface area contributed by atoms with Crippen molar-refractivity contribution in [2.24, 2.45) is 0 Å². The lowest BCUT2D eigenvalue weighted by atomic mass is 10.1. The van der Waals surface area contributed by atoms with E-state index in [1.807, 2.05) is 13.0 Å². The Hall–Kier alpha value is -1.70. The van der Waals surface area contributed by atoms with Crippen molar-refractivity contribution in [1.82, 2.24) is 4.72 Å². The highest BCUT2D eigenvalue weighted by atomic mass is 32.2. The molecule has 0 unspecified atom stereocenters. The van der Waals surface area contributed by atoms with Crippen LogP contribution in [0, 0.1) is 13.8 Å². The molecule has 2 aromatic rings. The Kier molecular flexibility index (Phi) is 5.00. The summed E-state index contributed by atoms with van der Waals surface area (Å²) in [4.78, 5) is 11.8. The van der Waals surface area contributed by atoms with Gasteiger partial charge in [0.2, 0.25) is 0 Å². The number of carboxylic acids is 1. The van der Waals surface area contributed by atoms with Crippen LogP contribution in [0.2, 0.25) is 0 Å². The molecule has 2 rings (SSSR count). The van der Waals surface area contributed by atoms with E-state index in [0.29, 0.717) is 20.9 Å². The predicted octanol–water partition coefficient (Wildman–Crippen LogP) is 2.47. The number of hydrogen-bond donors (Lipinski definition) is 2. The van der Waals surface area contributed by atoms with Crippen LogP contribution in [0.1, 0.15) is 21.6 Å². The van der Waals surface area contributed by atoms with Gasteiger partial charge < -0.3 is 5.11 Å². The van der Waals surface area contributed by atoms with Gasteiger partial charge >= 0.3 is 5.97 Å². The summed E-state index contributed by atoms with van der Waals surface area (Å²) in [6.45, 7) is 3.69. The van der Waals surface area contributed by atoms with Crippen LogP contribution < -0.4 is 4.72 Å². The van der Waals surface area contributed by atoms with Crippen molar-refractivity contribution in [2.45, 2.75) is 31.0 Å². The molecule has 0 saturated heterocycles. The Labute approximate surface area is 133 Å². The number of sulfonamides is 1. The van der Waals surface area contributed by atoms with Crippen LogP contribution in [-0.2, 0) is 27.8 Å². The number of carbonyl (C=O) groups is 1. The zero-order valence-corrected chi connectivity index (χ0v) is 13.9. The van der Waals surface area contributed by atoms with Crippen LogP contribution in [0.3, 0.4) is 0 Å². The Morgan fingerprint density at radius 2 is 1.86 bits per heavy atom. The first-order valence-corrected chi connectivity index (χ1v) is 8.95. The molecule has 1 aromatic heterocycles. The van der Waals surface area contributed by atoms with Gasteiger partial charge in [0.05, 0.1) is 6.42 Å². The molecule has 0 radical (unpaired) electrons. The van der Waals surface area contributed by atoms with Crippen LogP contribution in [0.5, 0.6) is 0 Å². The first-order valence-electron chi connectivity index (χ1n) is 6.65. The van der Waals surface area contributed by atoms with E-state index in [1.165, 1.54) is 11.3 Å². The lowest BCUT2D eigenvalue weighted by molar-refractivity contribution is -0.136. The second-order valence-electron chi connectivity index (χ2n) is 4.99. The van der Waals surface area contributed by atoms with E-state index in [1.54, 1.807) is 31.2 Å². The topological polar surface area (TPSA) is 83.5 Å². The van der Waals surface area contributed by atoms with Crippen LogP contribution >= 0.6 is 11.3 Å². The third-order valence-corrected chi connectivity index (χ3v) is 6.34. The summed E-state index contributed by atoms with van der Waals surface area (Å²) in [7, 11) is -3.59. The first-order chi connectivity index (χ1) is 10.3. The highest BCUT2D eigenvalue weighted by Crippen LogP contribution is 2.26. The molecule has 0 aliphatic carbocycles. The van der Waals surface area contributed by atoms with Gasteiger partial charge in [-0.05, 0) is 36.6 Å². The molecular formula is C15H17NO4S2. The number of benzene rings is 1. The second-order valence-corrected chi connectivity index (χ2v) is 8.21.